The number of fused-ring (bicyclic) bond motifs is 1. The van der Waals surface area contributed by atoms with Gasteiger partial charge < -0.3 is 10.5 Å². The molecule has 0 radical (unpaired) electrons. The number of hydrogen-bond donors (Lipinski definition) is 1. The number of amides is 1. The third kappa shape index (κ3) is 2.77. The summed E-state index contributed by atoms with van der Waals surface area (Å²) in [6, 6.07) is 9.83. The minimum atomic E-state index is -0.367. The third-order valence-corrected chi connectivity index (χ3v) is 5.02. The molecule has 1 unspecified atom stereocenters. The van der Waals surface area contributed by atoms with Crippen LogP contribution in [0.3, 0.4) is 0 Å². The molecule has 126 valence electrons. The Morgan fingerprint density at radius 3 is 2.58 bits per heavy atom. The standard InChI is InChI=1S/C20H22FNO2/c1-11-4-6-13-9-17(20(22)23)16(10-14(13)8-11)15-7-5-12(2)18(21)19(15)24-3/h4-8,16-17H,9-10H2,1-3H3,(H2,22,23)/t16?,17-/m0/s1. The fourth-order valence-electron chi connectivity index (χ4n) is 3.70. The zero-order valence-corrected chi connectivity index (χ0v) is 14.2. The van der Waals surface area contributed by atoms with E-state index in [1.54, 1.807) is 13.0 Å². The summed E-state index contributed by atoms with van der Waals surface area (Å²) >= 11 is 0. The van der Waals surface area contributed by atoms with Gasteiger partial charge in [0.1, 0.15) is 0 Å². The number of carbonyl (C=O) groups is 1. The Hall–Kier alpha value is -2.36. The maximum Gasteiger partial charge on any atom is 0.221 e. The second kappa shape index (κ2) is 6.27. The number of hydrogen-bond acceptors (Lipinski definition) is 2. The van der Waals surface area contributed by atoms with Crippen molar-refractivity contribution in [2.24, 2.45) is 11.7 Å². The van der Waals surface area contributed by atoms with Crippen LogP contribution < -0.4 is 10.5 Å². The topological polar surface area (TPSA) is 52.3 Å². The summed E-state index contributed by atoms with van der Waals surface area (Å²) < 4.78 is 19.8. The van der Waals surface area contributed by atoms with E-state index in [1.807, 2.05) is 19.1 Å². The molecule has 0 saturated carbocycles. The van der Waals surface area contributed by atoms with Gasteiger partial charge in [-0.05, 0) is 43.4 Å². The SMILES string of the molecule is COc1c(C2Cc3cc(C)ccc3C[C@@H]2C(N)=O)ccc(C)c1F. The van der Waals surface area contributed by atoms with Crippen LogP contribution >= 0.6 is 0 Å². The van der Waals surface area contributed by atoms with E-state index in [0.29, 0.717) is 18.4 Å². The molecule has 0 fully saturated rings. The summed E-state index contributed by atoms with van der Waals surface area (Å²) in [7, 11) is 1.46. The third-order valence-electron chi connectivity index (χ3n) is 5.02. The first-order valence-corrected chi connectivity index (χ1v) is 8.13. The van der Waals surface area contributed by atoms with E-state index in [1.165, 1.54) is 18.2 Å². The molecule has 0 saturated heterocycles. The van der Waals surface area contributed by atoms with Gasteiger partial charge in [-0.2, -0.15) is 0 Å². The van der Waals surface area contributed by atoms with E-state index >= 15 is 0 Å². The van der Waals surface area contributed by atoms with Crippen LogP contribution in [0.1, 0.15) is 33.7 Å². The number of halogens is 1. The molecule has 0 spiro atoms. The Morgan fingerprint density at radius 2 is 1.92 bits per heavy atom. The number of ether oxygens (including phenoxy) is 1. The molecular weight excluding hydrogens is 305 g/mol. The van der Waals surface area contributed by atoms with E-state index in [4.69, 9.17) is 10.5 Å². The second-order valence-corrected chi connectivity index (χ2v) is 6.61. The van der Waals surface area contributed by atoms with Crippen molar-refractivity contribution in [2.75, 3.05) is 7.11 Å². The summed E-state index contributed by atoms with van der Waals surface area (Å²) in [5.41, 5.74) is 10.4. The van der Waals surface area contributed by atoms with Gasteiger partial charge in [0.2, 0.25) is 5.91 Å². The molecule has 0 bridgehead atoms. The lowest BCUT2D eigenvalue weighted by Crippen LogP contribution is -2.35. The predicted molar refractivity (Wildman–Crippen MR) is 91.7 cm³/mol. The zero-order chi connectivity index (χ0) is 17.4. The lowest BCUT2D eigenvalue weighted by Gasteiger charge is -2.32. The Labute approximate surface area is 141 Å². The van der Waals surface area contributed by atoms with Crippen LogP contribution in [0.25, 0.3) is 0 Å². The molecule has 0 heterocycles. The fourth-order valence-corrected chi connectivity index (χ4v) is 3.70. The van der Waals surface area contributed by atoms with Gasteiger partial charge in [0, 0.05) is 17.4 Å². The summed E-state index contributed by atoms with van der Waals surface area (Å²) in [5, 5.41) is 0. The van der Waals surface area contributed by atoms with E-state index in [-0.39, 0.29) is 29.3 Å². The van der Waals surface area contributed by atoms with E-state index in [2.05, 4.69) is 12.1 Å². The molecule has 4 heteroatoms. The van der Waals surface area contributed by atoms with Gasteiger partial charge in [-0.1, -0.05) is 35.9 Å². The van der Waals surface area contributed by atoms with Crippen LogP contribution in [-0.4, -0.2) is 13.0 Å². The molecule has 2 N–H and O–H groups in total. The van der Waals surface area contributed by atoms with Gasteiger partial charge >= 0.3 is 0 Å². The highest BCUT2D eigenvalue weighted by atomic mass is 19.1. The number of nitrogens with two attached hydrogens (primary N) is 1. The Morgan fingerprint density at radius 1 is 1.17 bits per heavy atom. The number of aryl methyl sites for hydroxylation is 2. The van der Waals surface area contributed by atoms with Crippen molar-refractivity contribution in [3.05, 3.63) is 64.0 Å². The summed E-state index contributed by atoms with van der Waals surface area (Å²) in [4.78, 5) is 12.1. The molecule has 2 aromatic rings. The van der Waals surface area contributed by atoms with E-state index in [9.17, 15) is 9.18 Å². The molecule has 0 aromatic heterocycles. The first kappa shape index (κ1) is 16.5. The molecule has 1 aliphatic carbocycles. The zero-order valence-electron chi connectivity index (χ0n) is 14.2. The van der Waals surface area contributed by atoms with Crippen molar-refractivity contribution >= 4 is 5.91 Å². The van der Waals surface area contributed by atoms with Gasteiger partial charge in [-0.15, -0.1) is 0 Å². The normalized spacial score (nSPS) is 19.7. The Balaban J connectivity index is 2.12. The molecule has 1 aliphatic rings. The van der Waals surface area contributed by atoms with Crippen molar-refractivity contribution in [2.45, 2.75) is 32.6 Å². The van der Waals surface area contributed by atoms with Crippen molar-refractivity contribution in [3.63, 3.8) is 0 Å². The minimum Gasteiger partial charge on any atom is -0.493 e. The quantitative estimate of drug-likeness (QED) is 0.939. The van der Waals surface area contributed by atoms with Crippen LogP contribution in [0.2, 0.25) is 0 Å². The number of methoxy groups -OCH3 is 1. The average Bonchev–Trinajstić information content (AvgIpc) is 2.55. The maximum absolute atomic E-state index is 14.5. The number of carbonyl (C=O) groups excluding carboxylic acids is 1. The number of primary amides is 1. The van der Waals surface area contributed by atoms with Gasteiger partial charge in [0.15, 0.2) is 11.6 Å². The first-order chi connectivity index (χ1) is 11.4. The van der Waals surface area contributed by atoms with E-state index in [0.717, 1.165) is 11.1 Å². The lowest BCUT2D eigenvalue weighted by atomic mass is 9.72. The van der Waals surface area contributed by atoms with Gasteiger partial charge in [0.25, 0.3) is 0 Å². The van der Waals surface area contributed by atoms with E-state index < -0.39 is 0 Å². The van der Waals surface area contributed by atoms with Crippen LogP contribution in [0.4, 0.5) is 4.39 Å². The molecular formula is C20H22FNO2. The van der Waals surface area contributed by atoms with Crippen molar-refractivity contribution in [1.29, 1.82) is 0 Å². The highest BCUT2D eigenvalue weighted by molar-refractivity contribution is 5.79. The highest BCUT2D eigenvalue weighted by Gasteiger charge is 2.35. The average molecular weight is 327 g/mol. The van der Waals surface area contributed by atoms with Gasteiger partial charge in [-0.3, -0.25) is 4.79 Å². The molecule has 3 rings (SSSR count). The van der Waals surface area contributed by atoms with Crippen LogP contribution in [0, 0.1) is 25.6 Å². The Bertz CT molecular complexity index is 800. The van der Waals surface area contributed by atoms with Gasteiger partial charge in [0.05, 0.1) is 7.11 Å². The summed E-state index contributed by atoms with van der Waals surface area (Å²) in [6.45, 7) is 3.74. The number of rotatable bonds is 3. The lowest BCUT2D eigenvalue weighted by molar-refractivity contribution is -0.122. The monoisotopic (exact) mass is 327 g/mol. The highest BCUT2D eigenvalue weighted by Crippen LogP contribution is 2.42. The molecule has 0 aliphatic heterocycles. The molecule has 24 heavy (non-hydrogen) atoms. The predicted octanol–water partition coefficient (Wildman–Crippen LogP) is 3.44. The van der Waals surface area contributed by atoms with Crippen molar-refractivity contribution < 1.29 is 13.9 Å². The molecule has 3 nitrogen and oxygen atoms in total. The van der Waals surface area contributed by atoms with Gasteiger partial charge in [-0.25, -0.2) is 4.39 Å². The second-order valence-electron chi connectivity index (χ2n) is 6.61. The maximum atomic E-state index is 14.5. The smallest absolute Gasteiger partial charge is 0.221 e. The fraction of sp³-hybridized carbons (Fsp3) is 0.350. The van der Waals surface area contributed by atoms with Crippen LogP contribution in [-0.2, 0) is 17.6 Å². The minimum absolute atomic E-state index is 0.179. The largest absolute Gasteiger partial charge is 0.493 e. The first-order valence-electron chi connectivity index (χ1n) is 8.13. The van der Waals surface area contributed by atoms with Crippen molar-refractivity contribution in [3.8, 4) is 5.75 Å². The van der Waals surface area contributed by atoms with Crippen molar-refractivity contribution in [1.82, 2.24) is 0 Å². The Kier molecular flexibility index (Phi) is 4.31. The summed E-state index contributed by atoms with van der Waals surface area (Å²) in [6.07, 6.45) is 1.23. The van der Waals surface area contributed by atoms with Crippen LogP contribution in [0.15, 0.2) is 30.3 Å². The molecule has 2 atom stereocenters. The molecule has 2 aromatic carbocycles. The molecule has 1 amide bonds. The van der Waals surface area contributed by atoms with Crippen LogP contribution in [0.5, 0.6) is 5.75 Å². The number of benzene rings is 2. The summed E-state index contributed by atoms with van der Waals surface area (Å²) in [5.74, 6) is -1.04.